The predicted octanol–water partition coefficient (Wildman–Crippen LogP) is -7.18. The number of unbranched alkanes of at least 4 members (excludes halogenated alkanes) is 23. The number of nitrogens with one attached hydrogen (secondary N) is 4. The molecule has 8 heterocycles. The van der Waals surface area contributed by atoms with Gasteiger partial charge in [-0.2, -0.15) is 0 Å². The number of hydrogen-bond donors (Lipinski definition) is 28. The van der Waals surface area contributed by atoms with E-state index in [4.69, 9.17) is 75.8 Å². The number of carbonyl (C=O) groups is 5. The van der Waals surface area contributed by atoms with Gasteiger partial charge >= 0.3 is 5.97 Å². The summed E-state index contributed by atoms with van der Waals surface area (Å²) in [6, 6.07) is -7.22. The van der Waals surface area contributed by atoms with Crippen LogP contribution in [-0.4, -0.2) is 468 Å². The quantitative estimate of drug-likeness (QED) is 0.0199. The molecule has 16 unspecified atom stereocenters. The molecule has 28 N–H and O–H groups in total. The van der Waals surface area contributed by atoms with Gasteiger partial charge in [0.1, 0.15) is 183 Å². The van der Waals surface area contributed by atoms with Gasteiger partial charge in [-0.1, -0.05) is 167 Å². The zero-order valence-corrected chi connectivity index (χ0v) is 80.5. The van der Waals surface area contributed by atoms with Gasteiger partial charge in [-0.3, -0.25) is 19.2 Å². The second kappa shape index (κ2) is 60.3. The Labute approximate surface area is 813 Å². The van der Waals surface area contributed by atoms with Gasteiger partial charge in [0, 0.05) is 33.6 Å². The lowest BCUT2D eigenvalue weighted by atomic mass is 9.88. The molecule has 43 atom stereocenters. The lowest BCUT2D eigenvalue weighted by molar-refractivity contribution is -0.405. The fourth-order valence-corrected chi connectivity index (χ4v) is 18.8. The van der Waals surface area contributed by atoms with Crippen LogP contribution in [0.25, 0.3) is 0 Å². The van der Waals surface area contributed by atoms with Crippen LogP contribution in [0.1, 0.15) is 215 Å². The molecule has 814 valence electrons. The molecule has 49 nitrogen and oxygen atoms in total. The summed E-state index contributed by atoms with van der Waals surface area (Å²) in [4.78, 5) is 67.8. The number of ether oxygens (including phenoxy) is 16. The van der Waals surface area contributed by atoms with Gasteiger partial charge in [-0.05, 0) is 26.2 Å². The van der Waals surface area contributed by atoms with Crippen LogP contribution < -0.4 is 21.3 Å². The SMILES string of the molecule is CCCCCCCCCCCCC/C=C/[C@@H](O)[C@H](CO[C@@H]1OC(CO)[C@@H](O[C@@H]2OC(CO)[C@H](O[C@@H]3OC(CO)[C@H](O)[C@H](O[C@@H]4OC(CO)[C@H](O)[C@H](O[C@@H]5OC(CO)[C@@H](O[C@@H]6OC(CO)[C@H](O)[C@H](O)C6O)[C@H](O[C@H]6OC(C)[C@@H](O)C(O)[C@@H]6O)C5NC(C)=O)C4O)C3NC(C)=O)[C@H](O[C@]3(C(=O)O)CC(O)[C@@H](NC(C)=O)C([C@H](O)[C@H](O)CO)O3)C2O)[C@H](O)C1O)NC(=O)CCCCCCCCCCCCCCC. The maximum Gasteiger partial charge on any atom is 0.364 e. The van der Waals surface area contributed by atoms with Crippen molar-refractivity contribution in [3.63, 3.8) is 0 Å². The summed E-state index contributed by atoms with van der Waals surface area (Å²) in [5.41, 5.74) is 0. The molecule has 8 aliphatic heterocycles. The summed E-state index contributed by atoms with van der Waals surface area (Å²) in [5.74, 6) is -9.18. The van der Waals surface area contributed by atoms with E-state index in [9.17, 15) is 147 Å². The third kappa shape index (κ3) is 33.3. The van der Waals surface area contributed by atoms with Gasteiger partial charge in [-0.15, -0.1) is 0 Å². The first-order chi connectivity index (χ1) is 66.8. The lowest BCUT2D eigenvalue weighted by Crippen LogP contribution is -2.72. The molecule has 4 amide bonds. The van der Waals surface area contributed by atoms with Crippen LogP contribution in [0, 0.1) is 0 Å². The molecule has 0 aromatic rings. The summed E-state index contributed by atoms with van der Waals surface area (Å²) in [5, 5.41) is 283. The van der Waals surface area contributed by atoms with Crippen molar-refractivity contribution >= 4 is 29.6 Å². The van der Waals surface area contributed by atoms with Crippen molar-refractivity contribution in [1.29, 1.82) is 0 Å². The van der Waals surface area contributed by atoms with Crippen LogP contribution in [0.4, 0.5) is 0 Å². The minimum Gasteiger partial charge on any atom is -0.477 e. The van der Waals surface area contributed by atoms with Gasteiger partial charge in [0.25, 0.3) is 5.79 Å². The third-order valence-corrected chi connectivity index (χ3v) is 26.8. The molecule has 0 radical (unpaired) electrons. The van der Waals surface area contributed by atoms with Gasteiger partial charge in [0.05, 0.1) is 83.3 Å². The van der Waals surface area contributed by atoms with Crippen molar-refractivity contribution in [2.24, 2.45) is 0 Å². The van der Waals surface area contributed by atoms with Gasteiger partial charge in [0.15, 0.2) is 44.0 Å². The van der Waals surface area contributed by atoms with Crippen LogP contribution in [0.15, 0.2) is 12.2 Å². The molecule has 0 spiro atoms. The molecule has 8 aliphatic rings. The Morgan fingerprint density at radius 1 is 0.386 bits per heavy atom. The number of aliphatic carboxylic acids is 1. The summed E-state index contributed by atoms with van der Waals surface area (Å²) >= 11 is 0. The highest BCUT2D eigenvalue weighted by molar-refractivity contribution is 5.77. The zero-order chi connectivity index (χ0) is 103. The predicted molar refractivity (Wildman–Crippen MR) is 477 cm³/mol. The average Bonchev–Trinajstić information content (AvgIpc) is 0.740. The summed E-state index contributed by atoms with van der Waals surface area (Å²) in [7, 11) is 0. The molecule has 0 aromatic heterocycles. The van der Waals surface area contributed by atoms with Crippen molar-refractivity contribution in [2.75, 3.05) is 52.9 Å². The molecule has 140 heavy (non-hydrogen) atoms. The smallest absolute Gasteiger partial charge is 0.364 e. The van der Waals surface area contributed by atoms with E-state index >= 15 is 0 Å². The third-order valence-electron chi connectivity index (χ3n) is 26.8. The Morgan fingerprint density at radius 2 is 0.757 bits per heavy atom. The topological polar surface area (TPSA) is 767 Å². The Balaban J connectivity index is 1.08. The highest BCUT2D eigenvalue weighted by atomic mass is 16.8. The largest absolute Gasteiger partial charge is 0.477 e. The van der Waals surface area contributed by atoms with Crippen LogP contribution in [0.2, 0.25) is 0 Å². The number of amides is 4. The van der Waals surface area contributed by atoms with Gasteiger partial charge < -0.3 is 220 Å². The standard InChI is InChI=1S/C91H160N4O45/c1-7-9-11-13-15-17-19-21-23-25-27-29-31-33-49(106)48(95-58(109)34-32-30-28-26-24-22-20-18-16-14-12-10-8-2)43-125-85-72(120)69(117)75(55(40-100)131-85)133-89-74(122)82(140-91(90(123)124)35-50(107)59(92-45(4)103)79(139-91)63(111)51(108)36-96)77(57(42-102)132-89)134-83-60(93-46(5)104)78(65(113)53(38-98)127-83)136-88-73(121)81(66(114)54(39-99)129-88)138-84-61(94-47(6)105)80(137-86-70(118)67(115)62(110)44(3)126-86)76(56(41-101)130-84)135-87-71(119)68(116)64(112)52(37-97)128-87/h31,33,44,48-57,59-89,96-102,106-108,110-122H,7-30,32,34-43H2,1-6H3,(H,92,103)(H,93,104)(H,94,105)(H,95,109)(H,123,124)/b33-31+/t44?,48-,49+,50?,51+,52?,53?,54?,55?,56?,57?,59+,60?,61?,62+,63+,64-,65-,66-,67?,68-,69+,70-,71?,72?,73?,74?,75+,76+,77-,78+,79?,80+,81-,82+,83-,84-,85+,86+,87-,88-,89-,91-/m0/s1. The van der Waals surface area contributed by atoms with Crippen LogP contribution in [0.5, 0.6) is 0 Å². The monoisotopic (exact) mass is 2030 g/mol. The Hall–Kier alpha value is -4.47. The van der Waals surface area contributed by atoms with E-state index in [-0.39, 0.29) is 6.42 Å². The van der Waals surface area contributed by atoms with E-state index < -0.39 is 352 Å². The minimum atomic E-state index is -3.52. The van der Waals surface area contributed by atoms with Gasteiger partial charge in [-0.25, -0.2) is 4.79 Å². The molecule has 49 heteroatoms. The van der Waals surface area contributed by atoms with E-state index in [2.05, 4.69) is 35.1 Å². The maximum absolute atomic E-state index is 14.2. The van der Waals surface area contributed by atoms with Crippen molar-refractivity contribution < 1.29 is 222 Å². The molecule has 0 bridgehead atoms. The zero-order valence-electron chi connectivity index (χ0n) is 80.5. The van der Waals surface area contributed by atoms with Crippen molar-refractivity contribution in [1.82, 2.24) is 21.3 Å². The number of carboxylic acid groups (broad SMARTS) is 1. The number of hydrogen-bond acceptors (Lipinski definition) is 44. The first-order valence-electron chi connectivity index (χ1n) is 49.5. The number of aliphatic hydroxyl groups excluding tert-OH is 23. The summed E-state index contributed by atoms with van der Waals surface area (Å²) in [6.45, 7) is -0.650. The second-order valence-corrected chi connectivity index (χ2v) is 37.7. The molecule has 8 rings (SSSR count). The second-order valence-electron chi connectivity index (χ2n) is 37.7. The van der Waals surface area contributed by atoms with E-state index in [0.29, 0.717) is 12.8 Å². The Morgan fingerprint density at radius 3 is 1.26 bits per heavy atom. The normalized spacial score (nSPS) is 39.2. The van der Waals surface area contributed by atoms with Crippen molar-refractivity contribution in [3.05, 3.63) is 12.2 Å². The van der Waals surface area contributed by atoms with Crippen molar-refractivity contribution in [2.45, 2.75) is 478 Å². The number of rotatable bonds is 59. The van der Waals surface area contributed by atoms with Gasteiger partial charge in [0.2, 0.25) is 23.6 Å². The number of carboxylic acids is 1. The number of allylic oxidation sites excluding steroid dienone is 1. The molecule has 0 saturated carbocycles. The van der Waals surface area contributed by atoms with Crippen LogP contribution >= 0.6 is 0 Å². The summed E-state index contributed by atoms with van der Waals surface area (Å²) < 4.78 is 97.7. The van der Waals surface area contributed by atoms with E-state index in [0.717, 1.165) is 85.0 Å². The Bertz CT molecular complexity index is 3580. The highest BCUT2D eigenvalue weighted by Crippen LogP contribution is 2.43. The molecule has 0 aliphatic carbocycles. The highest BCUT2D eigenvalue weighted by Gasteiger charge is 2.64. The van der Waals surface area contributed by atoms with E-state index in [1.807, 2.05) is 0 Å². The van der Waals surface area contributed by atoms with Crippen LogP contribution in [-0.2, 0) is 99.8 Å². The fourth-order valence-electron chi connectivity index (χ4n) is 18.8. The van der Waals surface area contributed by atoms with E-state index in [1.54, 1.807) is 6.08 Å². The molecular formula is C91H160N4O45. The fraction of sp³-hybridized carbons (Fsp3) is 0.923. The average molecular weight is 2030 g/mol. The molecular weight excluding hydrogens is 1870 g/mol. The number of carbonyl (C=O) groups excluding carboxylic acids is 4. The first-order valence-corrected chi connectivity index (χ1v) is 49.5. The van der Waals surface area contributed by atoms with Crippen molar-refractivity contribution in [3.8, 4) is 0 Å². The Kier molecular flexibility index (Phi) is 52.0. The molecule has 8 saturated heterocycles. The maximum atomic E-state index is 14.2. The number of aliphatic hydroxyl groups is 23. The van der Waals surface area contributed by atoms with E-state index in [1.165, 1.54) is 96.5 Å². The van der Waals surface area contributed by atoms with Crippen LogP contribution in [0.3, 0.4) is 0 Å². The minimum absolute atomic E-state index is 0.0852. The molecule has 0 aromatic carbocycles. The first kappa shape index (κ1) is 121. The molecule has 8 fully saturated rings. The summed E-state index contributed by atoms with van der Waals surface area (Å²) in [6.07, 6.45) is -52.6. The lowest BCUT2D eigenvalue weighted by Gasteiger charge is -2.53.